The van der Waals surface area contributed by atoms with Gasteiger partial charge >= 0.3 is 0 Å². The molecule has 0 saturated carbocycles. The molecular formula is C16H18N2O3S. The largest absolute Gasteiger partial charge is 0.484 e. The van der Waals surface area contributed by atoms with E-state index >= 15 is 0 Å². The van der Waals surface area contributed by atoms with Crippen molar-refractivity contribution in [2.45, 2.75) is 20.3 Å². The highest BCUT2D eigenvalue weighted by atomic mass is 32.1. The van der Waals surface area contributed by atoms with Gasteiger partial charge in [-0.1, -0.05) is 19.1 Å². The molecule has 5 nitrogen and oxygen atoms in total. The Morgan fingerprint density at radius 1 is 1.32 bits per heavy atom. The molecule has 1 heterocycles. The maximum Gasteiger partial charge on any atom is 0.262 e. The number of nitrogens with two attached hydrogens (primary N) is 1. The molecule has 22 heavy (non-hydrogen) atoms. The molecule has 3 N–H and O–H groups in total. The number of carbonyl (C=O) groups is 2. The number of benzene rings is 1. The molecule has 0 aliphatic rings. The lowest BCUT2D eigenvalue weighted by molar-refractivity contribution is -0.118. The second-order valence-electron chi connectivity index (χ2n) is 4.80. The smallest absolute Gasteiger partial charge is 0.262 e. The standard InChI is InChI=1S/C16H18N2O3S/c1-3-11-5-4-6-12(8-11)21-9-14(19)18-16-13(15(17)20)7-10(2)22-16/h4-8H,3,9H2,1-2H3,(H2,17,20)(H,18,19). The fourth-order valence-corrected chi connectivity index (χ4v) is 2.89. The van der Waals surface area contributed by atoms with Crippen molar-refractivity contribution < 1.29 is 14.3 Å². The van der Waals surface area contributed by atoms with Gasteiger partial charge in [0.15, 0.2) is 6.61 Å². The molecule has 1 aromatic heterocycles. The van der Waals surface area contributed by atoms with Gasteiger partial charge in [0.05, 0.1) is 5.56 Å². The summed E-state index contributed by atoms with van der Waals surface area (Å²) in [6.45, 7) is 3.78. The summed E-state index contributed by atoms with van der Waals surface area (Å²) in [5.74, 6) is -0.241. The first kappa shape index (κ1) is 16.0. The third kappa shape index (κ3) is 4.08. The zero-order valence-electron chi connectivity index (χ0n) is 12.5. The predicted octanol–water partition coefficient (Wildman–Crippen LogP) is 2.74. The molecule has 116 valence electrons. The summed E-state index contributed by atoms with van der Waals surface area (Å²) in [6, 6.07) is 9.25. The summed E-state index contributed by atoms with van der Waals surface area (Å²) in [7, 11) is 0. The van der Waals surface area contributed by atoms with E-state index < -0.39 is 5.91 Å². The Labute approximate surface area is 133 Å². The van der Waals surface area contributed by atoms with Gasteiger partial charge in [0.25, 0.3) is 11.8 Å². The third-order valence-electron chi connectivity index (χ3n) is 3.05. The Kier molecular flexibility index (Phi) is 5.16. The highest BCUT2D eigenvalue weighted by Gasteiger charge is 2.14. The average molecular weight is 318 g/mol. The molecule has 0 unspecified atom stereocenters. The van der Waals surface area contributed by atoms with Crippen molar-refractivity contribution in [3.05, 3.63) is 46.3 Å². The van der Waals surface area contributed by atoms with Gasteiger partial charge in [0.2, 0.25) is 0 Å². The van der Waals surface area contributed by atoms with E-state index in [9.17, 15) is 9.59 Å². The van der Waals surface area contributed by atoms with Gasteiger partial charge in [-0.2, -0.15) is 0 Å². The first-order chi connectivity index (χ1) is 10.5. The summed E-state index contributed by atoms with van der Waals surface area (Å²) in [5, 5.41) is 3.12. The Bertz CT molecular complexity index is 694. The molecule has 6 heteroatoms. The lowest BCUT2D eigenvalue weighted by Gasteiger charge is -2.08. The maximum absolute atomic E-state index is 11.9. The van der Waals surface area contributed by atoms with Crippen LogP contribution in [0.2, 0.25) is 0 Å². The maximum atomic E-state index is 11.9. The normalized spacial score (nSPS) is 10.3. The average Bonchev–Trinajstić information content (AvgIpc) is 2.86. The van der Waals surface area contributed by atoms with Crippen LogP contribution in [0, 0.1) is 6.92 Å². The monoisotopic (exact) mass is 318 g/mol. The predicted molar refractivity (Wildman–Crippen MR) is 87.5 cm³/mol. The van der Waals surface area contributed by atoms with Crippen molar-refractivity contribution in [2.24, 2.45) is 5.73 Å². The lowest BCUT2D eigenvalue weighted by atomic mass is 10.2. The van der Waals surface area contributed by atoms with E-state index in [0.717, 1.165) is 16.9 Å². The Morgan fingerprint density at radius 3 is 2.77 bits per heavy atom. The molecule has 0 fully saturated rings. The van der Waals surface area contributed by atoms with E-state index in [2.05, 4.69) is 12.2 Å². The van der Waals surface area contributed by atoms with E-state index in [0.29, 0.717) is 16.3 Å². The van der Waals surface area contributed by atoms with Crippen molar-refractivity contribution in [3.63, 3.8) is 0 Å². The lowest BCUT2D eigenvalue weighted by Crippen LogP contribution is -2.21. The van der Waals surface area contributed by atoms with Crippen LogP contribution in [-0.4, -0.2) is 18.4 Å². The van der Waals surface area contributed by atoms with E-state index in [1.54, 1.807) is 12.1 Å². The van der Waals surface area contributed by atoms with Crippen LogP contribution in [0.15, 0.2) is 30.3 Å². The Hall–Kier alpha value is -2.34. The van der Waals surface area contributed by atoms with Crippen LogP contribution in [-0.2, 0) is 11.2 Å². The fourth-order valence-electron chi connectivity index (χ4n) is 1.96. The second kappa shape index (κ2) is 7.09. The van der Waals surface area contributed by atoms with Crippen molar-refractivity contribution >= 4 is 28.2 Å². The molecule has 0 radical (unpaired) electrons. The molecule has 0 atom stereocenters. The number of ether oxygens (including phenoxy) is 1. The molecular weight excluding hydrogens is 300 g/mol. The fraction of sp³-hybridized carbons (Fsp3) is 0.250. The van der Waals surface area contributed by atoms with E-state index in [4.69, 9.17) is 10.5 Å². The van der Waals surface area contributed by atoms with Gasteiger partial charge in [-0.25, -0.2) is 0 Å². The molecule has 0 aliphatic heterocycles. The highest BCUT2D eigenvalue weighted by Crippen LogP contribution is 2.27. The second-order valence-corrected chi connectivity index (χ2v) is 6.06. The number of hydrogen-bond donors (Lipinski definition) is 2. The van der Waals surface area contributed by atoms with Crippen LogP contribution < -0.4 is 15.8 Å². The number of primary amides is 1. The molecule has 2 aromatic rings. The molecule has 2 amide bonds. The van der Waals surface area contributed by atoms with E-state index in [1.807, 2.05) is 25.1 Å². The van der Waals surface area contributed by atoms with Crippen LogP contribution in [0.1, 0.15) is 27.7 Å². The highest BCUT2D eigenvalue weighted by molar-refractivity contribution is 7.16. The molecule has 0 aliphatic carbocycles. The number of nitrogens with one attached hydrogen (secondary N) is 1. The number of rotatable bonds is 6. The van der Waals surface area contributed by atoms with Crippen molar-refractivity contribution in [1.82, 2.24) is 0 Å². The van der Waals surface area contributed by atoms with Crippen LogP contribution in [0.3, 0.4) is 0 Å². The minimum Gasteiger partial charge on any atom is -0.484 e. The van der Waals surface area contributed by atoms with E-state index in [-0.39, 0.29) is 12.5 Å². The number of hydrogen-bond acceptors (Lipinski definition) is 4. The van der Waals surface area contributed by atoms with Gasteiger partial charge in [-0.15, -0.1) is 11.3 Å². The molecule has 0 bridgehead atoms. The zero-order valence-corrected chi connectivity index (χ0v) is 13.3. The van der Waals surface area contributed by atoms with Crippen molar-refractivity contribution in [3.8, 4) is 5.75 Å². The molecule has 2 rings (SSSR count). The van der Waals surface area contributed by atoms with Gasteiger partial charge in [-0.05, 0) is 37.1 Å². The van der Waals surface area contributed by atoms with Gasteiger partial charge in [0, 0.05) is 4.88 Å². The number of thiophene rings is 1. The molecule has 0 spiro atoms. The third-order valence-corrected chi connectivity index (χ3v) is 4.02. The van der Waals surface area contributed by atoms with Crippen molar-refractivity contribution in [2.75, 3.05) is 11.9 Å². The molecule has 0 saturated heterocycles. The number of anilines is 1. The summed E-state index contributed by atoms with van der Waals surface area (Å²) in [5.41, 5.74) is 6.75. The Morgan fingerprint density at radius 2 is 2.09 bits per heavy atom. The van der Waals surface area contributed by atoms with Crippen LogP contribution in [0.4, 0.5) is 5.00 Å². The summed E-state index contributed by atoms with van der Waals surface area (Å²) >= 11 is 1.31. The number of carbonyl (C=O) groups excluding carboxylic acids is 2. The summed E-state index contributed by atoms with van der Waals surface area (Å²) < 4.78 is 5.47. The topological polar surface area (TPSA) is 81.4 Å². The summed E-state index contributed by atoms with van der Waals surface area (Å²) in [6.07, 6.45) is 0.903. The number of aryl methyl sites for hydroxylation is 2. The summed E-state index contributed by atoms with van der Waals surface area (Å²) in [4.78, 5) is 24.2. The van der Waals surface area contributed by atoms with Crippen molar-refractivity contribution in [1.29, 1.82) is 0 Å². The minimum absolute atomic E-state index is 0.123. The van der Waals surface area contributed by atoms with Crippen LogP contribution in [0.25, 0.3) is 0 Å². The van der Waals surface area contributed by atoms with Gasteiger partial charge in [0.1, 0.15) is 10.8 Å². The first-order valence-electron chi connectivity index (χ1n) is 6.91. The van der Waals surface area contributed by atoms with Crippen LogP contribution >= 0.6 is 11.3 Å². The van der Waals surface area contributed by atoms with E-state index in [1.165, 1.54) is 11.3 Å². The minimum atomic E-state index is -0.559. The SMILES string of the molecule is CCc1cccc(OCC(=O)Nc2sc(C)cc2C(N)=O)c1. The molecule has 1 aromatic carbocycles. The Balaban J connectivity index is 1.97. The quantitative estimate of drug-likeness (QED) is 0.859. The first-order valence-corrected chi connectivity index (χ1v) is 7.73. The zero-order chi connectivity index (χ0) is 16.1. The van der Waals surface area contributed by atoms with Crippen LogP contribution in [0.5, 0.6) is 5.75 Å². The van der Waals surface area contributed by atoms with Gasteiger partial charge in [-0.3, -0.25) is 9.59 Å². The number of amides is 2. The van der Waals surface area contributed by atoms with Gasteiger partial charge < -0.3 is 15.8 Å².